The first-order valence-corrected chi connectivity index (χ1v) is 7.06. The topological polar surface area (TPSA) is 60.8 Å². The van der Waals surface area contributed by atoms with Gasteiger partial charge in [0.25, 0.3) is 0 Å². The van der Waals surface area contributed by atoms with Gasteiger partial charge in [0.15, 0.2) is 5.82 Å². The molecule has 0 saturated heterocycles. The molecule has 0 bridgehead atoms. The lowest BCUT2D eigenvalue weighted by Crippen LogP contribution is -2.00. The second-order valence-corrected chi connectivity index (χ2v) is 5.11. The number of ether oxygens (including phenoxy) is 1. The van der Waals surface area contributed by atoms with Crippen molar-refractivity contribution in [2.24, 2.45) is 0 Å². The third kappa shape index (κ3) is 3.04. The normalized spacial score (nSPS) is 10.5. The first-order valence-electron chi connectivity index (χ1n) is 6.68. The van der Waals surface area contributed by atoms with Crippen molar-refractivity contribution in [3.05, 3.63) is 59.3 Å². The van der Waals surface area contributed by atoms with Gasteiger partial charge >= 0.3 is 0 Å². The number of rotatable bonds is 3. The van der Waals surface area contributed by atoms with Gasteiger partial charge in [0, 0.05) is 29.2 Å². The molecular weight excluding hydrogens is 300 g/mol. The van der Waals surface area contributed by atoms with Gasteiger partial charge in [0.1, 0.15) is 10.9 Å². The second-order valence-electron chi connectivity index (χ2n) is 4.72. The molecule has 6 heteroatoms. The van der Waals surface area contributed by atoms with Crippen LogP contribution in [-0.2, 0) is 0 Å². The van der Waals surface area contributed by atoms with Crippen LogP contribution < -0.4 is 4.74 Å². The van der Waals surface area contributed by atoms with Crippen LogP contribution in [0.5, 0.6) is 11.6 Å². The third-order valence-electron chi connectivity index (χ3n) is 3.18. The predicted molar refractivity (Wildman–Crippen MR) is 84.1 cm³/mol. The Bertz CT molecular complexity index is 791. The summed E-state index contributed by atoms with van der Waals surface area (Å²) in [7, 11) is 0. The van der Waals surface area contributed by atoms with Gasteiger partial charge in [0.05, 0.1) is 6.20 Å². The number of pyridine rings is 2. The van der Waals surface area contributed by atoms with Crippen molar-refractivity contribution in [1.29, 1.82) is 0 Å². The summed E-state index contributed by atoms with van der Waals surface area (Å²) >= 11 is 5.78. The van der Waals surface area contributed by atoms with Gasteiger partial charge in [-0.05, 0) is 38.1 Å². The molecule has 5 nitrogen and oxygen atoms in total. The molecule has 22 heavy (non-hydrogen) atoms. The van der Waals surface area contributed by atoms with Gasteiger partial charge in [-0.1, -0.05) is 11.6 Å². The molecule has 0 atom stereocenters. The van der Waals surface area contributed by atoms with Crippen molar-refractivity contribution in [3.63, 3.8) is 0 Å². The second kappa shape index (κ2) is 6.07. The van der Waals surface area contributed by atoms with Gasteiger partial charge < -0.3 is 4.74 Å². The SMILES string of the molecule is Cc1nc(-c2cccnc2)nc(Oc2ccc(Cl)nc2)c1C. The molecule has 3 heterocycles. The molecular formula is C16H13ClN4O. The molecule has 0 aliphatic carbocycles. The van der Waals surface area contributed by atoms with Crippen molar-refractivity contribution in [2.45, 2.75) is 13.8 Å². The average molecular weight is 313 g/mol. The van der Waals surface area contributed by atoms with Gasteiger partial charge in [-0.25, -0.2) is 9.97 Å². The monoisotopic (exact) mass is 312 g/mol. The van der Waals surface area contributed by atoms with Crippen LogP contribution in [0.2, 0.25) is 5.15 Å². The zero-order valence-electron chi connectivity index (χ0n) is 12.1. The van der Waals surface area contributed by atoms with E-state index in [1.165, 1.54) is 0 Å². The molecule has 0 saturated carbocycles. The van der Waals surface area contributed by atoms with Gasteiger partial charge in [-0.3, -0.25) is 4.98 Å². The first-order chi connectivity index (χ1) is 10.6. The standard InChI is InChI=1S/C16H13ClN4O/c1-10-11(2)20-15(12-4-3-7-18-8-12)21-16(10)22-13-5-6-14(17)19-9-13/h3-9H,1-2H3. The number of hydrogen-bond acceptors (Lipinski definition) is 5. The minimum atomic E-state index is 0.416. The van der Waals surface area contributed by atoms with Crippen LogP contribution in [-0.4, -0.2) is 19.9 Å². The number of aryl methyl sites for hydroxylation is 1. The Morgan fingerprint density at radius 3 is 2.59 bits per heavy atom. The Morgan fingerprint density at radius 1 is 1.05 bits per heavy atom. The molecule has 0 amide bonds. The van der Waals surface area contributed by atoms with E-state index in [-0.39, 0.29) is 0 Å². The van der Waals surface area contributed by atoms with Gasteiger partial charge in [0.2, 0.25) is 5.88 Å². The Hall–Kier alpha value is -2.53. The maximum Gasteiger partial charge on any atom is 0.226 e. The van der Waals surface area contributed by atoms with Crippen LogP contribution in [0.15, 0.2) is 42.9 Å². The van der Waals surface area contributed by atoms with E-state index in [2.05, 4.69) is 19.9 Å². The van der Waals surface area contributed by atoms with Crippen molar-refractivity contribution < 1.29 is 4.74 Å². The Labute approximate surface area is 133 Å². The number of aromatic nitrogens is 4. The smallest absolute Gasteiger partial charge is 0.226 e. The number of halogens is 1. The minimum absolute atomic E-state index is 0.416. The average Bonchev–Trinajstić information content (AvgIpc) is 2.54. The highest BCUT2D eigenvalue weighted by molar-refractivity contribution is 6.29. The largest absolute Gasteiger partial charge is 0.437 e. The summed E-state index contributed by atoms with van der Waals surface area (Å²) in [6.45, 7) is 3.84. The Kier molecular flexibility index (Phi) is 3.98. The maximum atomic E-state index is 5.81. The first kappa shape index (κ1) is 14.4. The Morgan fingerprint density at radius 2 is 1.91 bits per heavy atom. The zero-order valence-corrected chi connectivity index (χ0v) is 12.9. The highest BCUT2D eigenvalue weighted by atomic mass is 35.5. The fourth-order valence-corrected chi connectivity index (χ4v) is 1.97. The molecule has 0 unspecified atom stereocenters. The number of hydrogen-bond donors (Lipinski definition) is 0. The van der Waals surface area contributed by atoms with Gasteiger partial charge in [-0.2, -0.15) is 4.98 Å². The molecule has 0 aliphatic heterocycles. The highest BCUT2D eigenvalue weighted by Gasteiger charge is 2.12. The zero-order chi connectivity index (χ0) is 15.5. The molecule has 3 aromatic heterocycles. The summed E-state index contributed by atoms with van der Waals surface area (Å²) in [4.78, 5) is 17.1. The summed E-state index contributed by atoms with van der Waals surface area (Å²) in [6.07, 6.45) is 4.99. The predicted octanol–water partition coefficient (Wildman–Crippen LogP) is 4.00. The molecule has 0 radical (unpaired) electrons. The van der Waals surface area contributed by atoms with E-state index >= 15 is 0 Å². The van der Waals surface area contributed by atoms with E-state index < -0.39 is 0 Å². The van der Waals surface area contributed by atoms with Gasteiger partial charge in [-0.15, -0.1) is 0 Å². The van der Waals surface area contributed by atoms with Crippen LogP contribution >= 0.6 is 11.6 Å². The molecule has 0 aliphatic rings. The quantitative estimate of drug-likeness (QED) is 0.684. The summed E-state index contributed by atoms with van der Waals surface area (Å²) in [5.74, 6) is 1.64. The summed E-state index contributed by atoms with van der Waals surface area (Å²) in [6, 6.07) is 7.17. The fourth-order valence-electron chi connectivity index (χ4n) is 1.86. The van der Waals surface area contributed by atoms with Crippen LogP contribution in [0.3, 0.4) is 0 Å². The molecule has 0 N–H and O–H groups in total. The summed E-state index contributed by atoms with van der Waals surface area (Å²) in [5, 5.41) is 0.416. The van der Waals surface area contributed by atoms with E-state index in [9.17, 15) is 0 Å². The van der Waals surface area contributed by atoms with E-state index in [1.54, 1.807) is 30.7 Å². The van der Waals surface area contributed by atoms with Crippen molar-refractivity contribution in [3.8, 4) is 23.0 Å². The maximum absolute atomic E-state index is 5.81. The van der Waals surface area contributed by atoms with Crippen molar-refractivity contribution in [1.82, 2.24) is 19.9 Å². The lowest BCUT2D eigenvalue weighted by Gasteiger charge is -2.11. The number of nitrogens with zero attached hydrogens (tertiary/aromatic N) is 4. The van der Waals surface area contributed by atoms with Crippen molar-refractivity contribution in [2.75, 3.05) is 0 Å². The van der Waals surface area contributed by atoms with Crippen molar-refractivity contribution >= 4 is 11.6 Å². The van der Waals surface area contributed by atoms with E-state index in [4.69, 9.17) is 16.3 Å². The van der Waals surface area contributed by atoms with Crippen LogP contribution in [0.25, 0.3) is 11.4 Å². The molecule has 0 spiro atoms. The molecule has 110 valence electrons. The van der Waals surface area contributed by atoms with Crippen LogP contribution in [0.4, 0.5) is 0 Å². The molecule has 3 rings (SSSR count). The van der Waals surface area contributed by atoms with E-state index in [0.29, 0.717) is 22.6 Å². The molecule has 0 fully saturated rings. The summed E-state index contributed by atoms with van der Waals surface area (Å²) < 4.78 is 5.81. The lowest BCUT2D eigenvalue weighted by atomic mass is 10.2. The molecule has 3 aromatic rings. The third-order valence-corrected chi connectivity index (χ3v) is 3.40. The van der Waals surface area contributed by atoms with Crippen LogP contribution in [0.1, 0.15) is 11.3 Å². The highest BCUT2D eigenvalue weighted by Crippen LogP contribution is 2.27. The van der Waals surface area contributed by atoms with E-state index in [0.717, 1.165) is 16.8 Å². The summed E-state index contributed by atoms with van der Waals surface area (Å²) in [5.41, 5.74) is 2.57. The Balaban J connectivity index is 2.00. The molecule has 0 aromatic carbocycles. The van der Waals surface area contributed by atoms with E-state index in [1.807, 2.05) is 26.0 Å². The minimum Gasteiger partial charge on any atom is -0.437 e. The lowest BCUT2D eigenvalue weighted by molar-refractivity contribution is 0.455. The van der Waals surface area contributed by atoms with Crippen LogP contribution in [0, 0.1) is 13.8 Å². The fraction of sp³-hybridized carbons (Fsp3) is 0.125.